The van der Waals surface area contributed by atoms with Gasteiger partial charge in [0.1, 0.15) is 12.2 Å². The minimum absolute atomic E-state index is 0.295. The highest BCUT2D eigenvalue weighted by Gasteiger charge is 2.44. The second-order valence-electron chi connectivity index (χ2n) is 6.00. The van der Waals surface area contributed by atoms with Crippen LogP contribution >= 0.6 is 0 Å². The smallest absolute Gasteiger partial charge is 0.334 e. The molecule has 1 aliphatic heterocycles. The number of esters is 2. The zero-order chi connectivity index (χ0) is 16.4. The van der Waals surface area contributed by atoms with Crippen molar-refractivity contribution in [3.8, 4) is 0 Å². The lowest BCUT2D eigenvalue weighted by molar-refractivity contribution is -0.147. The van der Waals surface area contributed by atoms with Gasteiger partial charge in [0.25, 0.3) is 0 Å². The molecule has 120 valence electrons. The Balaban J connectivity index is 2.40. The predicted molar refractivity (Wildman–Crippen MR) is 80.8 cm³/mol. The summed E-state index contributed by atoms with van der Waals surface area (Å²) in [7, 11) is 0. The van der Waals surface area contributed by atoms with Gasteiger partial charge in [-0.1, -0.05) is 18.7 Å². The Bertz CT molecular complexity index is 545. The topological polar surface area (TPSA) is 72.8 Å². The van der Waals surface area contributed by atoms with Crippen LogP contribution in [0.25, 0.3) is 0 Å². The fraction of sp³-hybridized carbons (Fsp3) is 0.529. The first-order valence-electron chi connectivity index (χ1n) is 7.39. The van der Waals surface area contributed by atoms with Crippen LogP contribution in [0.3, 0.4) is 0 Å². The molecule has 0 amide bonds. The van der Waals surface area contributed by atoms with Crippen molar-refractivity contribution in [1.29, 1.82) is 0 Å². The van der Waals surface area contributed by atoms with Crippen molar-refractivity contribution in [3.05, 3.63) is 36.0 Å². The SMILES string of the molecule is C=C1C(=O)O[C@H]2CC(=C)[C@H](O)CC/C(C)=C\[C@@H](OC(C)=O)[C@H]12. The van der Waals surface area contributed by atoms with Crippen LogP contribution in [0.15, 0.2) is 36.0 Å². The quantitative estimate of drug-likeness (QED) is 0.456. The van der Waals surface area contributed by atoms with Crippen LogP contribution in [-0.4, -0.2) is 35.4 Å². The third-order valence-electron chi connectivity index (χ3n) is 4.18. The van der Waals surface area contributed by atoms with Crippen LogP contribution in [0.1, 0.15) is 33.1 Å². The molecule has 1 heterocycles. The summed E-state index contributed by atoms with van der Waals surface area (Å²) in [5, 5.41) is 10.1. The summed E-state index contributed by atoms with van der Waals surface area (Å²) in [5.74, 6) is -1.36. The van der Waals surface area contributed by atoms with Crippen molar-refractivity contribution in [3.63, 3.8) is 0 Å². The number of carbonyl (C=O) groups excluding carboxylic acids is 2. The second kappa shape index (κ2) is 6.48. The Morgan fingerprint density at radius 1 is 1.45 bits per heavy atom. The highest BCUT2D eigenvalue weighted by atomic mass is 16.6. The highest BCUT2D eigenvalue weighted by molar-refractivity contribution is 5.91. The molecule has 0 aromatic rings. The van der Waals surface area contributed by atoms with E-state index < -0.39 is 36.2 Å². The Kier molecular flexibility index (Phi) is 4.86. The molecule has 1 aliphatic carbocycles. The minimum Gasteiger partial charge on any atom is -0.458 e. The molecule has 2 rings (SSSR count). The molecule has 0 radical (unpaired) electrons. The zero-order valence-electron chi connectivity index (χ0n) is 13.0. The summed E-state index contributed by atoms with van der Waals surface area (Å²) in [5.41, 5.74) is 1.89. The first-order chi connectivity index (χ1) is 10.3. The summed E-state index contributed by atoms with van der Waals surface area (Å²) < 4.78 is 10.7. The first-order valence-corrected chi connectivity index (χ1v) is 7.39. The zero-order valence-corrected chi connectivity index (χ0v) is 13.0. The average Bonchev–Trinajstić information content (AvgIpc) is 2.69. The van der Waals surface area contributed by atoms with Gasteiger partial charge in [-0.15, -0.1) is 0 Å². The molecule has 22 heavy (non-hydrogen) atoms. The minimum atomic E-state index is -0.637. The van der Waals surface area contributed by atoms with Gasteiger partial charge in [0.15, 0.2) is 0 Å². The molecule has 0 aromatic heterocycles. The molecule has 1 fully saturated rings. The largest absolute Gasteiger partial charge is 0.458 e. The number of rotatable bonds is 1. The van der Waals surface area contributed by atoms with E-state index >= 15 is 0 Å². The normalized spacial score (nSPS) is 35.2. The van der Waals surface area contributed by atoms with Gasteiger partial charge in [0, 0.05) is 18.9 Å². The lowest BCUT2D eigenvalue weighted by atomic mass is 9.84. The van der Waals surface area contributed by atoms with Crippen LogP contribution < -0.4 is 0 Å². The van der Waals surface area contributed by atoms with Gasteiger partial charge in [-0.3, -0.25) is 4.79 Å². The molecule has 0 unspecified atom stereocenters. The van der Waals surface area contributed by atoms with Gasteiger partial charge in [0.05, 0.1) is 12.0 Å². The molecule has 0 saturated carbocycles. The summed E-state index contributed by atoms with van der Waals surface area (Å²) in [6.07, 6.45) is 1.62. The van der Waals surface area contributed by atoms with E-state index in [4.69, 9.17) is 9.47 Å². The summed E-state index contributed by atoms with van der Waals surface area (Å²) in [6.45, 7) is 10.9. The maximum absolute atomic E-state index is 11.9. The summed E-state index contributed by atoms with van der Waals surface area (Å²) in [6, 6.07) is 0. The van der Waals surface area contributed by atoms with Gasteiger partial charge in [-0.2, -0.15) is 0 Å². The number of allylic oxidation sites excluding steroid dienone is 1. The average molecular weight is 306 g/mol. The van der Waals surface area contributed by atoms with Crippen molar-refractivity contribution < 1.29 is 24.2 Å². The maximum atomic E-state index is 11.9. The molecule has 2 aliphatic rings. The Morgan fingerprint density at radius 3 is 2.77 bits per heavy atom. The standard InChI is InChI=1S/C17H22O5/c1-9-5-6-13(19)10(2)8-15-16(11(3)17(20)22-15)14(7-9)21-12(4)18/h7,13-16,19H,2-3,5-6,8H2,1,4H3/b9-7-/t13-,14-,15+,16+/m1/s1. The van der Waals surface area contributed by atoms with Crippen molar-refractivity contribution in [1.82, 2.24) is 0 Å². The molecule has 5 nitrogen and oxygen atoms in total. The predicted octanol–water partition coefficient (Wildman–Crippen LogP) is 2.06. The monoisotopic (exact) mass is 306 g/mol. The number of fused-ring (bicyclic) bond motifs is 1. The number of hydrogen-bond acceptors (Lipinski definition) is 5. The third-order valence-corrected chi connectivity index (χ3v) is 4.18. The molecule has 4 atom stereocenters. The number of hydrogen-bond donors (Lipinski definition) is 1. The molecule has 5 heteroatoms. The second-order valence-corrected chi connectivity index (χ2v) is 6.00. The van der Waals surface area contributed by atoms with E-state index in [0.29, 0.717) is 30.4 Å². The van der Waals surface area contributed by atoms with E-state index in [2.05, 4.69) is 13.2 Å². The fourth-order valence-corrected chi connectivity index (χ4v) is 2.95. The van der Waals surface area contributed by atoms with Crippen molar-refractivity contribution >= 4 is 11.9 Å². The summed E-state index contributed by atoms with van der Waals surface area (Å²) in [4.78, 5) is 23.3. The lowest BCUT2D eigenvalue weighted by Gasteiger charge is -2.28. The van der Waals surface area contributed by atoms with Gasteiger partial charge in [-0.05, 0) is 31.4 Å². The van der Waals surface area contributed by atoms with Gasteiger partial charge < -0.3 is 14.6 Å². The number of ether oxygens (including phenoxy) is 2. The lowest BCUT2D eigenvalue weighted by Crippen LogP contribution is -2.33. The van der Waals surface area contributed by atoms with Crippen molar-refractivity contribution in [2.45, 2.75) is 51.4 Å². The molecule has 1 saturated heterocycles. The molecule has 0 aromatic carbocycles. The molecular formula is C17H22O5. The molecule has 1 N–H and O–H groups in total. The van der Waals surface area contributed by atoms with E-state index in [0.717, 1.165) is 5.57 Å². The van der Waals surface area contributed by atoms with E-state index in [9.17, 15) is 14.7 Å². The summed E-state index contributed by atoms with van der Waals surface area (Å²) >= 11 is 0. The third kappa shape index (κ3) is 3.47. The van der Waals surface area contributed by atoms with E-state index in [1.165, 1.54) is 6.92 Å². The van der Waals surface area contributed by atoms with E-state index in [1.807, 2.05) is 13.0 Å². The van der Waals surface area contributed by atoms with Crippen molar-refractivity contribution in [2.24, 2.45) is 5.92 Å². The van der Waals surface area contributed by atoms with E-state index in [1.54, 1.807) is 0 Å². The Morgan fingerprint density at radius 2 is 2.14 bits per heavy atom. The van der Waals surface area contributed by atoms with Crippen molar-refractivity contribution in [2.75, 3.05) is 0 Å². The molecule has 0 bridgehead atoms. The van der Waals surface area contributed by atoms with Crippen LogP contribution in [-0.2, 0) is 19.1 Å². The number of carbonyl (C=O) groups is 2. The molecule has 0 spiro atoms. The van der Waals surface area contributed by atoms with E-state index in [-0.39, 0.29) is 0 Å². The molecular weight excluding hydrogens is 284 g/mol. The fourth-order valence-electron chi connectivity index (χ4n) is 2.95. The van der Waals surface area contributed by atoms with Gasteiger partial charge in [-0.25, -0.2) is 4.79 Å². The Hall–Kier alpha value is -1.88. The number of aliphatic hydroxyl groups is 1. The first kappa shape index (κ1) is 16.5. The highest BCUT2D eigenvalue weighted by Crippen LogP contribution is 2.37. The van der Waals surface area contributed by atoms with Crippen LogP contribution in [0.2, 0.25) is 0 Å². The van der Waals surface area contributed by atoms with Crippen LogP contribution in [0.4, 0.5) is 0 Å². The van der Waals surface area contributed by atoms with Gasteiger partial charge in [0.2, 0.25) is 0 Å². The van der Waals surface area contributed by atoms with Crippen LogP contribution in [0.5, 0.6) is 0 Å². The maximum Gasteiger partial charge on any atom is 0.334 e. The Labute approximate surface area is 130 Å². The van der Waals surface area contributed by atoms with Gasteiger partial charge >= 0.3 is 11.9 Å². The number of aliphatic hydroxyl groups excluding tert-OH is 1. The van der Waals surface area contributed by atoms with Crippen LogP contribution in [0, 0.1) is 5.92 Å².